The number of fused-ring (bicyclic) bond motifs is 1. The molecule has 2 rings (SSSR count). The third-order valence-electron chi connectivity index (χ3n) is 3.72. The molecule has 1 aromatic heterocycles. The number of aliphatic hydroxyl groups is 1. The molecule has 1 heterocycles. The van der Waals surface area contributed by atoms with E-state index in [1.54, 1.807) is 0 Å². The van der Waals surface area contributed by atoms with Crippen LogP contribution in [0.5, 0.6) is 0 Å². The number of hydrogen-bond donors (Lipinski definition) is 1. The molecule has 1 aromatic carbocycles. The minimum atomic E-state index is 0.191. The zero-order valence-corrected chi connectivity index (χ0v) is 12.2. The summed E-state index contributed by atoms with van der Waals surface area (Å²) in [7, 11) is 4.23. The van der Waals surface area contributed by atoms with Crippen LogP contribution in [0.25, 0.3) is 10.9 Å². The largest absolute Gasteiger partial charge is 0.395 e. The van der Waals surface area contributed by atoms with Gasteiger partial charge in [0.1, 0.15) is 0 Å². The summed E-state index contributed by atoms with van der Waals surface area (Å²) in [6.07, 6.45) is 2.27. The molecule has 0 amide bonds. The van der Waals surface area contributed by atoms with Crippen molar-refractivity contribution >= 4 is 10.9 Å². The molecule has 3 nitrogen and oxygen atoms in total. The van der Waals surface area contributed by atoms with Gasteiger partial charge in [0.05, 0.1) is 6.61 Å². The van der Waals surface area contributed by atoms with Crippen molar-refractivity contribution in [2.75, 3.05) is 27.2 Å². The van der Waals surface area contributed by atoms with Gasteiger partial charge in [-0.25, -0.2) is 0 Å². The Morgan fingerprint density at radius 3 is 2.63 bits per heavy atom. The predicted molar refractivity (Wildman–Crippen MR) is 80.6 cm³/mol. The highest BCUT2D eigenvalue weighted by molar-refractivity contribution is 5.85. The van der Waals surface area contributed by atoms with E-state index in [-0.39, 0.29) is 6.61 Å². The highest BCUT2D eigenvalue weighted by Crippen LogP contribution is 2.26. The Morgan fingerprint density at radius 2 is 1.95 bits per heavy atom. The number of nitrogens with zero attached hydrogens (tertiary/aromatic N) is 2. The van der Waals surface area contributed by atoms with Crippen LogP contribution in [0, 0.1) is 6.92 Å². The highest BCUT2D eigenvalue weighted by Gasteiger charge is 2.12. The molecule has 0 aliphatic rings. The first kappa shape index (κ1) is 14.1. The Kier molecular flexibility index (Phi) is 4.61. The van der Waals surface area contributed by atoms with Crippen LogP contribution in [0.1, 0.15) is 17.7 Å². The van der Waals surface area contributed by atoms with E-state index in [0.29, 0.717) is 6.54 Å². The minimum Gasteiger partial charge on any atom is -0.395 e. The molecule has 0 fully saturated rings. The van der Waals surface area contributed by atoms with Gasteiger partial charge in [0.25, 0.3) is 0 Å². The van der Waals surface area contributed by atoms with Gasteiger partial charge in [-0.2, -0.15) is 0 Å². The number of para-hydroxylation sites is 1. The molecule has 0 spiro atoms. The lowest BCUT2D eigenvalue weighted by Crippen LogP contribution is -2.13. The number of aryl methyl sites for hydroxylation is 1. The van der Waals surface area contributed by atoms with Crippen molar-refractivity contribution in [3.05, 3.63) is 35.5 Å². The van der Waals surface area contributed by atoms with Gasteiger partial charge < -0.3 is 14.6 Å². The quantitative estimate of drug-likeness (QED) is 0.864. The van der Waals surface area contributed by atoms with Crippen LogP contribution in [-0.4, -0.2) is 41.8 Å². The third kappa shape index (κ3) is 2.99. The lowest BCUT2D eigenvalue weighted by atomic mass is 10.1. The minimum absolute atomic E-state index is 0.191. The Hall–Kier alpha value is -1.32. The van der Waals surface area contributed by atoms with Gasteiger partial charge in [-0.1, -0.05) is 18.2 Å². The maximum atomic E-state index is 9.23. The van der Waals surface area contributed by atoms with E-state index >= 15 is 0 Å². The van der Waals surface area contributed by atoms with Crippen LogP contribution in [0.2, 0.25) is 0 Å². The molecule has 0 radical (unpaired) electrons. The summed E-state index contributed by atoms with van der Waals surface area (Å²) >= 11 is 0. The van der Waals surface area contributed by atoms with Crippen molar-refractivity contribution in [1.29, 1.82) is 0 Å². The molecule has 0 atom stereocenters. The molecule has 0 aliphatic carbocycles. The summed E-state index contributed by atoms with van der Waals surface area (Å²) in [5.41, 5.74) is 3.98. The topological polar surface area (TPSA) is 28.4 Å². The van der Waals surface area contributed by atoms with E-state index < -0.39 is 0 Å². The SMILES string of the molecule is Cc1c(CCCN(C)C)c2ccccc2n1CCO. The van der Waals surface area contributed by atoms with E-state index in [9.17, 15) is 5.11 Å². The summed E-state index contributed by atoms with van der Waals surface area (Å²) in [6, 6.07) is 8.51. The Balaban J connectivity index is 2.34. The second-order valence-corrected chi connectivity index (χ2v) is 5.36. The van der Waals surface area contributed by atoms with Crippen molar-refractivity contribution < 1.29 is 5.11 Å². The average Bonchev–Trinajstić information content (AvgIpc) is 2.65. The fraction of sp³-hybridized carbons (Fsp3) is 0.500. The van der Waals surface area contributed by atoms with Crippen LogP contribution in [0.4, 0.5) is 0 Å². The van der Waals surface area contributed by atoms with Crippen molar-refractivity contribution in [3.63, 3.8) is 0 Å². The third-order valence-corrected chi connectivity index (χ3v) is 3.72. The lowest BCUT2D eigenvalue weighted by molar-refractivity contribution is 0.277. The fourth-order valence-corrected chi connectivity index (χ4v) is 2.78. The molecule has 0 aliphatic heterocycles. The average molecular weight is 260 g/mol. The Labute approximate surface area is 115 Å². The zero-order valence-electron chi connectivity index (χ0n) is 12.2. The van der Waals surface area contributed by atoms with Crippen LogP contribution >= 0.6 is 0 Å². The molecule has 2 aromatic rings. The number of aliphatic hydroxyl groups excluding tert-OH is 1. The number of aromatic nitrogens is 1. The van der Waals surface area contributed by atoms with Gasteiger partial charge in [0.15, 0.2) is 0 Å². The van der Waals surface area contributed by atoms with E-state index in [0.717, 1.165) is 13.0 Å². The first-order valence-electron chi connectivity index (χ1n) is 6.97. The molecule has 3 heteroatoms. The first-order valence-corrected chi connectivity index (χ1v) is 6.97. The summed E-state index contributed by atoms with van der Waals surface area (Å²) in [5, 5.41) is 10.6. The summed E-state index contributed by atoms with van der Waals surface area (Å²) in [6.45, 7) is 4.15. The monoisotopic (exact) mass is 260 g/mol. The molecular formula is C16H24N2O. The maximum absolute atomic E-state index is 9.23. The van der Waals surface area contributed by atoms with Gasteiger partial charge >= 0.3 is 0 Å². The van der Waals surface area contributed by atoms with E-state index in [4.69, 9.17) is 0 Å². The number of rotatable bonds is 6. The van der Waals surface area contributed by atoms with Crippen molar-refractivity contribution in [1.82, 2.24) is 9.47 Å². The highest BCUT2D eigenvalue weighted by atomic mass is 16.3. The van der Waals surface area contributed by atoms with Crippen LogP contribution in [0.15, 0.2) is 24.3 Å². The molecule has 1 N–H and O–H groups in total. The Bertz CT molecular complexity index is 543. The maximum Gasteiger partial charge on any atom is 0.0610 e. The van der Waals surface area contributed by atoms with Crippen LogP contribution in [-0.2, 0) is 13.0 Å². The van der Waals surface area contributed by atoms with Gasteiger partial charge in [-0.05, 0) is 52.0 Å². The lowest BCUT2D eigenvalue weighted by Gasteiger charge is -2.09. The molecule has 0 bridgehead atoms. The van der Waals surface area contributed by atoms with Crippen molar-refractivity contribution in [2.24, 2.45) is 0 Å². The summed E-state index contributed by atoms with van der Waals surface area (Å²) in [4.78, 5) is 2.22. The van der Waals surface area contributed by atoms with Crippen molar-refractivity contribution in [3.8, 4) is 0 Å². The molecule has 19 heavy (non-hydrogen) atoms. The van der Waals surface area contributed by atoms with Gasteiger partial charge in [-0.3, -0.25) is 0 Å². The summed E-state index contributed by atoms with van der Waals surface area (Å²) in [5.74, 6) is 0. The molecule has 104 valence electrons. The van der Waals surface area contributed by atoms with Gasteiger partial charge in [0, 0.05) is 23.1 Å². The van der Waals surface area contributed by atoms with E-state index in [1.807, 2.05) is 0 Å². The first-order chi connectivity index (χ1) is 9.15. The molecular weight excluding hydrogens is 236 g/mol. The van der Waals surface area contributed by atoms with E-state index in [1.165, 1.54) is 28.6 Å². The second kappa shape index (κ2) is 6.22. The fourth-order valence-electron chi connectivity index (χ4n) is 2.78. The normalized spacial score (nSPS) is 11.6. The van der Waals surface area contributed by atoms with E-state index in [2.05, 4.69) is 54.8 Å². The standard InChI is InChI=1S/C16H24N2O/c1-13-14(8-6-10-17(2)3)15-7-4-5-9-16(15)18(13)11-12-19/h4-5,7,9,19H,6,8,10-12H2,1-3H3. The van der Waals surface area contributed by atoms with Crippen LogP contribution < -0.4 is 0 Å². The van der Waals surface area contributed by atoms with Crippen LogP contribution in [0.3, 0.4) is 0 Å². The molecule has 0 saturated carbocycles. The zero-order chi connectivity index (χ0) is 13.8. The Morgan fingerprint density at radius 1 is 1.21 bits per heavy atom. The number of benzene rings is 1. The van der Waals surface area contributed by atoms with Gasteiger partial charge in [-0.15, -0.1) is 0 Å². The summed E-state index contributed by atoms with van der Waals surface area (Å²) < 4.78 is 2.24. The molecule has 0 saturated heterocycles. The van der Waals surface area contributed by atoms with Crippen molar-refractivity contribution in [2.45, 2.75) is 26.3 Å². The number of hydrogen-bond acceptors (Lipinski definition) is 2. The molecule has 0 unspecified atom stereocenters. The van der Waals surface area contributed by atoms with Gasteiger partial charge in [0.2, 0.25) is 0 Å². The second-order valence-electron chi connectivity index (χ2n) is 5.36. The smallest absolute Gasteiger partial charge is 0.0610 e. The predicted octanol–water partition coefficient (Wildman–Crippen LogP) is 2.44.